The summed E-state index contributed by atoms with van der Waals surface area (Å²) in [5.41, 5.74) is 1.02. The number of methoxy groups -OCH3 is 3. The van der Waals surface area contributed by atoms with Crippen molar-refractivity contribution in [2.75, 3.05) is 49.5 Å². The van der Waals surface area contributed by atoms with E-state index in [9.17, 15) is 10.0 Å². The van der Waals surface area contributed by atoms with Crippen LogP contribution in [0.1, 0.15) is 48.8 Å². The lowest BCUT2D eigenvalue weighted by Crippen LogP contribution is -2.55. The minimum Gasteiger partial charge on any atom is -0.871 e. The molecule has 1 unspecified atom stereocenters. The summed E-state index contributed by atoms with van der Waals surface area (Å²) in [5.74, 6) is 1.75. The second-order valence-corrected chi connectivity index (χ2v) is 10.8. The summed E-state index contributed by atoms with van der Waals surface area (Å²) in [6, 6.07) is 22.4. The van der Waals surface area contributed by atoms with Crippen molar-refractivity contribution >= 4 is 7.32 Å². The van der Waals surface area contributed by atoms with E-state index in [1.54, 1.807) is 21.3 Å². The molecule has 8 heteroatoms. The molecule has 3 aromatic rings. The highest BCUT2D eigenvalue weighted by Crippen LogP contribution is 2.49. The molecule has 0 heterocycles. The molecule has 0 radical (unpaired) electrons. The third-order valence-electron chi connectivity index (χ3n) is 6.18. The van der Waals surface area contributed by atoms with E-state index in [-0.39, 0.29) is 5.92 Å². The molecule has 7 nitrogen and oxygen atoms in total. The predicted molar refractivity (Wildman–Crippen MR) is 153 cm³/mol. The Labute approximate surface area is 234 Å². The minimum atomic E-state index is -2.49. The molecule has 0 bridgehead atoms. The minimum absolute atomic E-state index is 0.314. The van der Waals surface area contributed by atoms with Crippen LogP contribution in [0, 0.1) is 0 Å². The van der Waals surface area contributed by atoms with E-state index in [4.69, 9.17) is 18.9 Å². The van der Waals surface area contributed by atoms with Gasteiger partial charge in [0.1, 0.15) is 22.8 Å². The van der Waals surface area contributed by atoms with E-state index in [2.05, 4.69) is 35.1 Å². The zero-order valence-corrected chi connectivity index (χ0v) is 24.6. The molecule has 0 fully saturated rings. The van der Waals surface area contributed by atoms with Gasteiger partial charge in [0.2, 0.25) is 0 Å². The Morgan fingerprint density at radius 2 is 1.05 bits per heavy atom. The Morgan fingerprint density at radius 3 is 1.36 bits per heavy atom. The van der Waals surface area contributed by atoms with E-state index in [1.165, 1.54) is 0 Å². The average molecular weight is 536 g/mol. The fraction of sp³-hybridized carbons (Fsp3) is 0.419. The Hall–Kier alpha value is -3.04. The van der Waals surface area contributed by atoms with Crippen molar-refractivity contribution in [3.05, 3.63) is 89.5 Å². The smallest absolute Gasteiger partial charge is 0.118 e. The summed E-state index contributed by atoms with van der Waals surface area (Å²) in [7, 11) is 10.8. The van der Waals surface area contributed by atoms with Crippen molar-refractivity contribution in [3.63, 3.8) is 0 Å². The van der Waals surface area contributed by atoms with Crippen LogP contribution in [0.4, 0.5) is 0 Å². The van der Waals surface area contributed by atoms with Crippen LogP contribution in [0.25, 0.3) is 0 Å². The van der Waals surface area contributed by atoms with Crippen molar-refractivity contribution < 1.29 is 33.4 Å². The van der Waals surface area contributed by atoms with Crippen LogP contribution in [-0.2, 0) is 10.3 Å². The van der Waals surface area contributed by atoms with Gasteiger partial charge in [-0.25, -0.2) is 0 Å². The number of unbranched alkanes of at least 4 members (excludes halogenated alkanes) is 1. The molecule has 0 aliphatic heterocycles. The molecule has 0 aliphatic carbocycles. The molecule has 3 rings (SSSR count). The van der Waals surface area contributed by atoms with Gasteiger partial charge in [-0.2, -0.15) is 0 Å². The molecule has 0 saturated carbocycles. The Kier molecular flexibility index (Phi) is 12.3. The first-order chi connectivity index (χ1) is 18.5. The second-order valence-electron chi connectivity index (χ2n) is 10.8. The highest BCUT2D eigenvalue weighted by atomic mass is 16.6. The third-order valence-corrected chi connectivity index (χ3v) is 6.18. The van der Waals surface area contributed by atoms with Gasteiger partial charge in [-0.3, -0.25) is 0 Å². The lowest BCUT2D eigenvalue weighted by Gasteiger charge is -2.48. The molecule has 212 valence electrons. The summed E-state index contributed by atoms with van der Waals surface area (Å²) >= 11 is 0. The summed E-state index contributed by atoms with van der Waals surface area (Å²) < 4.78 is 22.9. The Balaban J connectivity index is 0.000000976. The second kappa shape index (κ2) is 14.9. The van der Waals surface area contributed by atoms with Gasteiger partial charge < -0.3 is 33.4 Å². The van der Waals surface area contributed by atoms with Crippen molar-refractivity contribution in [2.45, 2.75) is 37.7 Å². The number of hydrogen-bond donors (Lipinski definition) is 0. The summed E-state index contributed by atoms with van der Waals surface area (Å²) in [4.78, 5) is 0. The monoisotopic (exact) mass is 536 g/mol. The quantitative estimate of drug-likeness (QED) is 0.257. The molecule has 1 atom stereocenters. The maximum atomic E-state index is 12.2. The molecular weight excluding hydrogens is 493 g/mol. The number of rotatable bonds is 12. The molecular formula is C31H43BNO6-. The van der Waals surface area contributed by atoms with E-state index >= 15 is 0 Å². The molecule has 39 heavy (non-hydrogen) atoms. The van der Waals surface area contributed by atoms with Gasteiger partial charge in [-0.05, 0) is 59.5 Å². The SMILES string of the molecule is CCCCC(c1ccc(OC)cc1)C(OB([O-])[O-])(c1ccc(OC)cc1)c1ccc(OC)cc1.C[N+](C)(C)C. The number of ether oxygens (including phenoxy) is 3. The molecule has 0 N–H and O–H groups in total. The molecule has 0 aromatic heterocycles. The average Bonchev–Trinajstić information content (AvgIpc) is 2.92. The van der Waals surface area contributed by atoms with Crippen molar-refractivity contribution in [1.82, 2.24) is 0 Å². The zero-order chi connectivity index (χ0) is 29.1. The summed E-state index contributed by atoms with van der Waals surface area (Å²) in [6.07, 6.45) is 2.54. The van der Waals surface area contributed by atoms with Gasteiger partial charge in [0.05, 0.1) is 56.8 Å². The van der Waals surface area contributed by atoms with Gasteiger partial charge in [0.25, 0.3) is 0 Å². The van der Waals surface area contributed by atoms with Crippen LogP contribution in [0.15, 0.2) is 72.8 Å². The molecule has 0 saturated heterocycles. The third kappa shape index (κ3) is 9.29. The molecule has 3 aromatic carbocycles. The number of quaternary nitrogens is 1. The Bertz CT molecular complexity index is 1040. The first-order valence-electron chi connectivity index (χ1n) is 13.2. The van der Waals surface area contributed by atoms with Gasteiger partial charge in [-0.1, -0.05) is 56.2 Å². The zero-order valence-electron chi connectivity index (χ0n) is 24.6. The Morgan fingerprint density at radius 1 is 0.692 bits per heavy atom. The molecule has 0 amide bonds. The van der Waals surface area contributed by atoms with Crippen LogP contribution >= 0.6 is 0 Å². The topological polar surface area (TPSA) is 83.0 Å². The lowest BCUT2D eigenvalue weighted by atomic mass is 9.70. The van der Waals surface area contributed by atoms with Crippen molar-refractivity contribution in [3.8, 4) is 17.2 Å². The van der Waals surface area contributed by atoms with Gasteiger partial charge >= 0.3 is 0 Å². The maximum absolute atomic E-state index is 12.2. The normalized spacial score (nSPS) is 12.2. The lowest BCUT2D eigenvalue weighted by molar-refractivity contribution is -0.849. The van der Waals surface area contributed by atoms with E-state index in [0.717, 1.165) is 28.6 Å². The molecule has 0 aliphatic rings. The van der Waals surface area contributed by atoms with Crippen LogP contribution in [0.5, 0.6) is 17.2 Å². The van der Waals surface area contributed by atoms with E-state index < -0.39 is 12.9 Å². The fourth-order valence-electron chi connectivity index (χ4n) is 4.47. The van der Waals surface area contributed by atoms with Gasteiger partial charge in [0.15, 0.2) is 0 Å². The summed E-state index contributed by atoms with van der Waals surface area (Å²) in [5, 5.41) is 24.4. The van der Waals surface area contributed by atoms with Crippen LogP contribution in [0.2, 0.25) is 0 Å². The first-order valence-corrected chi connectivity index (χ1v) is 13.2. The number of benzene rings is 3. The standard InChI is InChI=1S/C27H31BO6.C4H12N/c1-5-6-7-26(20-8-14-23(31-2)15-9-20)27(34-28(29)30,21-10-16-24(32-3)17-11-21)22-12-18-25(33-4)19-13-22;1-5(2,3)4/h8-19,26H,5-7H2,1-4H3;1-4H3/q-2;+1. The predicted octanol–water partition coefficient (Wildman–Crippen LogP) is 3.97. The van der Waals surface area contributed by atoms with Gasteiger partial charge in [-0.15, -0.1) is 0 Å². The fourth-order valence-corrected chi connectivity index (χ4v) is 4.47. The van der Waals surface area contributed by atoms with Crippen LogP contribution in [-0.4, -0.2) is 61.3 Å². The van der Waals surface area contributed by atoms with Crippen molar-refractivity contribution in [2.24, 2.45) is 0 Å². The summed E-state index contributed by atoms with van der Waals surface area (Å²) in [6.45, 7) is 2.11. The number of nitrogens with zero attached hydrogens (tertiary/aromatic N) is 1. The first kappa shape index (κ1) is 32.2. The highest BCUT2D eigenvalue weighted by Gasteiger charge is 2.43. The van der Waals surface area contributed by atoms with Crippen molar-refractivity contribution in [1.29, 1.82) is 0 Å². The van der Waals surface area contributed by atoms with Crippen LogP contribution < -0.4 is 24.3 Å². The van der Waals surface area contributed by atoms with E-state index in [1.807, 2.05) is 72.8 Å². The van der Waals surface area contributed by atoms with E-state index in [0.29, 0.717) is 29.0 Å². The van der Waals surface area contributed by atoms with Gasteiger partial charge in [0, 0.05) is 5.92 Å². The number of hydrogen-bond acceptors (Lipinski definition) is 6. The maximum Gasteiger partial charge on any atom is 0.118 e. The highest BCUT2D eigenvalue weighted by molar-refractivity contribution is 6.28. The largest absolute Gasteiger partial charge is 0.871 e. The van der Waals surface area contributed by atoms with Crippen LogP contribution in [0.3, 0.4) is 0 Å². The molecule has 0 spiro atoms.